The molecule has 1 aromatic carbocycles. The number of nitrogens with one attached hydrogen (secondary N) is 2. The highest BCUT2D eigenvalue weighted by molar-refractivity contribution is 5.91. The Morgan fingerprint density at radius 1 is 1.00 bits per heavy atom. The van der Waals surface area contributed by atoms with Gasteiger partial charge in [0.1, 0.15) is 24.3 Å². The van der Waals surface area contributed by atoms with Crippen LogP contribution in [0.1, 0.15) is 52.0 Å². The number of hydroxylamine groups is 2. The molecule has 3 fully saturated rings. The highest BCUT2D eigenvalue weighted by Crippen LogP contribution is 2.30. The van der Waals surface area contributed by atoms with E-state index in [2.05, 4.69) is 10.9 Å². The number of piperidine rings is 1. The maximum atomic E-state index is 12.9. The van der Waals surface area contributed by atoms with Gasteiger partial charge in [-0.05, 0) is 52.0 Å². The number of hydrogen-bond acceptors (Lipinski definition) is 6. The van der Waals surface area contributed by atoms with Crippen molar-refractivity contribution in [3.63, 3.8) is 0 Å². The number of urea groups is 1. The summed E-state index contributed by atoms with van der Waals surface area (Å²) >= 11 is 0. The molecule has 3 saturated heterocycles. The van der Waals surface area contributed by atoms with Crippen molar-refractivity contribution in [1.82, 2.24) is 25.7 Å². The summed E-state index contributed by atoms with van der Waals surface area (Å²) in [5, 5.41) is 1.36. The second-order valence-electron chi connectivity index (χ2n) is 10.1. The smallest absolute Gasteiger partial charge is 0.410 e. The number of amides is 5. The van der Waals surface area contributed by atoms with Crippen LogP contribution in [0.3, 0.4) is 0 Å². The van der Waals surface area contributed by atoms with E-state index in [0.29, 0.717) is 38.8 Å². The number of hydrazine groups is 1. The normalized spacial score (nSPS) is 23.9. The van der Waals surface area contributed by atoms with Gasteiger partial charge in [-0.15, -0.1) is 0 Å². The third-order valence-corrected chi connectivity index (χ3v) is 6.33. The van der Waals surface area contributed by atoms with Crippen LogP contribution in [0.2, 0.25) is 0 Å². The average molecular weight is 488 g/mol. The van der Waals surface area contributed by atoms with Gasteiger partial charge in [0.25, 0.3) is 11.8 Å². The van der Waals surface area contributed by atoms with Crippen molar-refractivity contribution >= 4 is 23.9 Å². The largest absolute Gasteiger partial charge is 0.444 e. The summed E-state index contributed by atoms with van der Waals surface area (Å²) in [6.07, 6.45) is 1.65. The Balaban J connectivity index is 1.29. The second-order valence-corrected chi connectivity index (χ2v) is 10.1. The zero-order chi connectivity index (χ0) is 25.2. The van der Waals surface area contributed by atoms with Crippen molar-refractivity contribution in [3.05, 3.63) is 35.9 Å². The van der Waals surface area contributed by atoms with Gasteiger partial charge in [-0.25, -0.2) is 9.59 Å². The Morgan fingerprint density at radius 2 is 1.69 bits per heavy atom. The number of nitrogens with zero attached hydrogens (tertiary/aromatic N) is 3. The predicted molar refractivity (Wildman–Crippen MR) is 124 cm³/mol. The molecule has 3 aliphatic heterocycles. The summed E-state index contributed by atoms with van der Waals surface area (Å²) in [6, 6.07) is 7.63. The van der Waals surface area contributed by atoms with Crippen LogP contribution in [0.15, 0.2) is 30.3 Å². The van der Waals surface area contributed by atoms with E-state index in [1.54, 1.807) is 20.8 Å². The van der Waals surface area contributed by atoms with Crippen LogP contribution in [0, 0.1) is 0 Å². The number of benzene rings is 1. The first-order valence-corrected chi connectivity index (χ1v) is 12.0. The SMILES string of the molecule is CC(C)(C)OC(=O)N1CCC[C@@H]1C(=O)NNC(=O)[C@@H]1CC[C@@H]2CN1C(=O)N2OCc1ccccc1. The Kier molecular flexibility index (Phi) is 7.15. The molecule has 2 N–H and O–H groups in total. The number of hydrogen-bond donors (Lipinski definition) is 2. The molecule has 0 radical (unpaired) electrons. The molecule has 11 heteroatoms. The molecule has 190 valence electrons. The minimum Gasteiger partial charge on any atom is -0.444 e. The number of carbonyl (C=O) groups is 4. The molecule has 3 aliphatic rings. The maximum Gasteiger partial charge on any atom is 0.410 e. The number of likely N-dealkylation sites (tertiary alicyclic amines) is 1. The lowest BCUT2D eigenvalue weighted by Crippen LogP contribution is -2.57. The molecular formula is C24H33N5O6. The van der Waals surface area contributed by atoms with Gasteiger partial charge < -0.3 is 9.64 Å². The van der Waals surface area contributed by atoms with E-state index in [0.717, 1.165) is 5.56 Å². The lowest BCUT2D eigenvalue weighted by Gasteiger charge is -2.30. The fraction of sp³-hybridized carbons (Fsp3) is 0.583. The third kappa shape index (κ3) is 5.67. The lowest BCUT2D eigenvalue weighted by atomic mass is 10.0. The monoisotopic (exact) mass is 487 g/mol. The average Bonchev–Trinajstić information content (AvgIpc) is 3.40. The lowest BCUT2D eigenvalue weighted by molar-refractivity contribution is -0.140. The topological polar surface area (TPSA) is 121 Å². The van der Waals surface area contributed by atoms with E-state index in [1.165, 1.54) is 14.9 Å². The number of rotatable bonds is 5. The zero-order valence-corrected chi connectivity index (χ0v) is 20.4. The Bertz CT molecular complexity index is 965. The van der Waals surface area contributed by atoms with Crippen LogP contribution in [0.5, 0.6) is 0 Å². The summed E-state index contributed by atoms with van der Waals surface area (Å²) in [5.41, 5.74) is 5.15. The number of carbonyl (C=O) groups excluding carboxylic acids is 4. The van der Waals surface area contributed by atoms with E-state index < -0.39 is 35.6 Å². The van der Waals surface area contributed by atoms with Gasteiger partial charge in [0, 0.05) is 13.1 Å². The first kappa shape index (κ1) is 24.8. The van der Waals surface area contributed by atoms with E-state index in [1.807, 2.05) is 30.3 Å². The summed E-state index contributed by atoms with van der Waals surface area (Å²) in [6.45, 7) is 6.34. The minimum atomic E-state index is -0.726. The van der Waals surface area contributed by atoms with Gasteiger partial charge in [0.05, 0.1) is 6.04 Å². The van der Waals surface area contributed by atoms with Crippen LogP contribution < -0.4 is 10.9 Å². The van der Waals surface area contributed by atoms with Crippen molar-refractivity contribution in [2.75, 3.05) is 13.1 Å². The summed E-state index contributed by atoms with van der Waals surface area (Å²) in [4.78, 5) is 59.5. The molecule has 5 amide bonds. The van der Waals surface area contributed by atoms with E-state index >= 15 is 0 Å². The number of ether oxygens (including phenoxy) is 1. The van der Waals surface area contributed by atoms with Gasteiger partial charge in [-0.1, -0.05) is 30.3 Å². The fourth-order valence-electron chi connectivity index (χ4n) is 4.66. The summed E-state index contributed by atoms with van der Waals surface area (Å²) < 4.78 is 5.38. The van der Waals surface area contributed by atoms with Crippen molar-refractivity contribution in [1.29, 1.82) is 0 Å². The molecule has 4 rings (SSSR count). The maximum absolute atomic E-state index is 12.9. The molecule has 1 aromatic rings. The van der Waals surface area contributed by atoms with Crippen molar-refractivity contribution in [2.45, 2.75) is 76.8 Å². The van der Waals surface area contributed by atoms with Gasteiger partial charge >= 0.3 is 12.1 Å². The molecule has 11 nitrogen and oxygen atoms in total. The quantitative estimate of drug-likeness (QED) is 0.613. The van der Waals surface area contributed by atoms with Gasteiger partial charge in [0.2, 0.25) is 0 Å². The Labute approximate surface area is 204 Å². The molecule has 0 aromatic heterocycles. The highest BCUT2D eigenvalue weighted by atomic mass is 16.7. The van der Waals surface area contributed by atoms with E-state index in [9.17, 15) is 19.2 Å². The third-order valence-electron chi connectivity index (χ3n) is 6.33. The molecule has 0 saturated carbocycles. The van der Waals surface area contributed by atoms with Crippen molar-refractivity contribution in [3.8, 4) is 0 Å². The van der Waals surface area contributed by atoms with Gasteiger partial charge in [-0.2, -0.15) is 5.06 Å². The molecule has 3 atom stereocenters. The summed E-state index contributed by atoms with van der Waals surface area (Å²) in [7, 11) is 0. The minimum absolute atomic E-state index is 0.120. The fourth-order valence-corrected chi connectivity index (χ4v) is 4.66. The van der Waals surface area contributed by atoms with E-state index in [4.69, 9.17) is 9.57 Å². The van der Waals surface area contributed by atoms with Crippen LogP contribution in [0.4, 0.5) is 9.59 Å². The van der Waals surface area contributed by atoms with Crippen LogP contribution >= 0.6 is 0 Å². The summed E-state index contributed by atoms with van der Waals surface area (Å²) in [5.74, 6) is -0.965. The van der Waals surface area contributed by atoms with E-state index in [-0.39, 0.29) is 18.7 Å². The van der Waals surface area contributed by atoms with Gasteiger partial charge in [-0.3, -0.25) is 30.2 Å². The first-order valence-electron chi connectivity index (χ1n) is 12.0. The number of fused-ring (bicyclic) bond motifs is 2. The molecule has 35 heavy (non-hydrogen) atoms. The highest BCUT2D eigenvalue weighted by Gasteiger charge is 2.48. The van der Waals surface area contributed by atoms with Crippen LogP contribution in [0.25, 0.3) is 0 Å². The van der Waals surface area contributed by atoms with Crippen LogP contribution in [-0.4, -0.2) is 75.6 Å². The molecule has 3 heterocycles. The second kappa shape index (κ2) is 10.1. The molecule has 0 aliphatic carbocycles. The van der Waals surface area contributed by atoms with Crippen molar-refractivity contribution < 1.29 is 28.8 Å². The predicted octanol–water partition coefficient (Wildman–Crippen LogP) is 1.93. The van der Waals surface area contributed by atoms with Gasteiger partial charge in [0.15, 0.2) is 0 Å². The van der Waals surface area contributed by atoms with Crippen LogP contribution in [-0.2, 0) is 25.8 Å². The standard InChI is InChI=1S/C24H33N5O6/c1-24(2,3)35-23(33)27-13-7-10-18(27)20(30)25-26-21(31)19-12-11-17-14-28(19)22(32)29(17)34-15-16-8-5-4-6-9-16/h4-6,8-9,17-19H,7,10-15H2,1-3H3,(H,25,30)(H,26,31)/t17-,18-,19+/m1/s1. The van der Waals surface area contributed by atoms with Crippen molar-refractivity contribution in [2.24, 2.45) is 0 Å². The molecular weight excluding hydrogens is 454 g/mol. The first-order chi connectivity index (χ1) is 16.6. The Morgan fingerprint density at radius 3 is 2.37 bits per heavy atom. The zero-order valence-electron chi connectivity index (χ0n) is 20.4. The Hall–Kier alpha value is -3.34. The molecule has 0 spiro atoms. The molecule has 2 bridgehead atoms. The molecule has 0 unspecified atom stereocenters.